The van der Waals surface area contributed by atoms with Gasteiger partial charge >= 0.3 is 0 Å². The minimum Gasteiger partial charge on any atom is -0.381 e. The van der Waals surface area contributed by atoms with Gasteiger partial charge in [0.25, 0.3) is 0 Å². The maximum Gasteiger partial charge on any atom is 0.183 e. The first-order valence-electron chi connectivity index (χ1n) is 4.75. The van der Waals surface area contributed by atoms with E-state index >= 15 is 0 Å². The average molecular weight is 279 g/mol. The zero-order chi connectivity index (χ0) is 10.2. The number of aromatic nitrogens is 1. The summed E-state index contributed by atoms with van der Waals surface area (Å²) in [6.45, 7) is 4.73. The number of anilines is 1. The molecule has 1 heterocycles. The molecule has 0 spiro atoms. The van der Waals surface area contributed by atoms with E-state index in [1.165, 1.54) is 0 Å². The molecule has 0 amide bonds. The predicted molar refractivity (Wildman–Crippen MR) is 64.0 cm³/mol. The van der Waals surface area contributed by atoms with Crippen LogP contribution in [0.25, 0.3) is 0 Å². The Balaban J connectivity index is 1.99. The van der Waals surface area contributed by atoms with Gasteiger partial charge < -0.3 is 10.1 Å². The quantitative estimate of drug-likeness (QED) is 0.779. The number of hydrogen-bond donors (Lipinski definition) is 1. The molecule has 1 aromatic heterocycles. The van der Waals surface area contributed by atoms with Crippen LogP contribution in [-0.4, -0.2) is 24.7 Å². The lowest BCUT2D eigenvalue weighted by Crippen LogP contribution is -2.05. The minimum absolute atomic E-state index is 0.827. The van der Waals surface area contributed by atoms with Gasteiger partial charge in [-0.1, -0.05) is 6.92 Å². The minimum atomic E-state index is 0.827. The molecule has 5 heteroatoms. The van der Waals surface area contributed by atoms with Gasteiger partial charge in [-0.2, -0.15) is 0 Å². The van der Waals surface area contributed by atoms with Gasteiger partial charge in [0.05, 0.1) is 0 Å². The molecular formula is C9H15BrN2OS. The average Bonchev–Trinajstić information content (AvgIpc) is 2.58. The number of rotatable bonds is 7. The highest BCUT2D eigenvalue weighted by atomic mass is 79.9. The first-order valence-corrected chi connectivity index (χ1v) is 6.43. The monoisotopic (exact) mass is 278 g/mol. The number of ether oxygens (including phenoxy) is 1. The van der Waals surface area contributed by atoms with Crippen molar-refractivity contribution in [2.45, 2.75) is 19.8 Å². The van der Waals surface area contributed by atoms with Crippen molar-refractivity contribution in [3.05, 3.63) is 9.98 Å². The molecule has 80 valence electrons. The number of thiazole rings is 1. The summed E-state index contributed by atoms with van der Waals surface area (Å²) in [4.78, 5) is 4.23. The zero-order valence-electron chi connectivity index (χ0n) is 8.25. The second-order valence-electron chi connectivity index (χ2n) is 2.87. The lowest BCUT2D eigenvalue weighted by atomic mass is 10.4. The first-order chi connectivity index (χ1) is 6.83. The molecular weight excluding hydrogens is 264 g/mol. The summed E-state index contributed by atoms with van der Waals surface area (Å²) < 4.78 is 6.26. The highest BCUT2D eigenvalue weighted by molar-refractivity contribution is 9.10. The van der Waals surface area contributed by atoms with E-state index in [-0.39, 0.29) is 0 Å². The second-order valence-corrected chi connectivity index (χ2v) is 4.54. The first kappa shape index (κ1) is 11.9. The lowest BCUT2D eigenvalue weighted by Gasteiger charge is -2.03. The molecule has 14 heavy (non-hydrogen) atoms. The van der Waals surface area contributed by atoms with Crippen LogP contribution in [0, 0.1) is 0 Å². The molecule has 0 saturated carbocycles. The Kier molecular flexibility index (Phi) is 6.14. The summed E-state index contributed by atoms with van der Waals surface area (Å²) in [5.41, 5.74) is 0. The summed E-state index contributed by atoms with van der Waals surface area (Å²) in [5.74, 6) is 0. The van der Waals surface area contributed by atoms with E-state index in [0.717, 1.165) is 42.3 Å². The molecule has 1 aromatic rings. The second kappa shape index (κ2) is 7.20. The topological polar surface area (TPSA) is 34.1 Å². The Morgan fingerprint density at radius 3 is 3.07 bits per heavy atom. The standard InChI is InChI=1S/C9H15BrN2OS/c1-2-5-13-6-3-4-11-9-12-8(10)7-14-9/h7H,2-6H2,1H3,(H,11,12). The van der Waals surface area contributed by atoms with Gasteiger partial charge in [-0.05, 0) is 28.8 Å². The van der Waals surface area contributed by atoms with Gasteiger partial charge in [0, 0.05) is 25.1 Å². The largest absolute Gasteiger partial charge is 0.381 e. The molecule has 0 bridgehead atoms. The van der Waals surface area contributed by atoms with Gasteiger partial charge in [-0.3, -0.25) is 0 Å². The molecule has 0 aliphatic rings. The van der Waals surface area contributed by atoms with Crippen LogP contribution in [0.4, 0.5) is 5.13 Å². The van der Waals surface area contributed by atoms with Crippen molar-refractivity contribution in [2.75, 3.05) is 25.1 Å². The third-order valence-corrected chi connectivity index (χ3v) is 3.08. The molecule has 0 aliphatic heterocycles. The van der Waals surface area contributed by atoms with E-state index in [0.29, 0.717) is 0 Å². The Morgan fingerprint density at radius 1 is 1.57 bits per heavy atom. The lowest BCUT2D eigenvalue weighted by molar-refractivity contribution is 0.134. The normalized spacial score (nSPS) is 10.4. The van der Waals surface area contributed by atoms with Crippen molar-refractivity contribution in [3.8, 4) is 0 Å². The Labute approximate surface area is 97.0 Å². The van der Waals surface area contributed by atoms with Gasteiger partial charge in [-0.15, -0.1) is 11.3 Å². The van der Waals surface area contributed by atoms with Crippen molar-refractivity contribution in [1.82, 2.24) is 4.98 Å². The van der Waals surface area contributed by atoms with E-state index in [1.54, 1.807) is 11.3 Å². The number of nitrogens with one attached hydrogen (secondary N) is 1. The summed E-state index contributed by atoms with van der Waals surface area (Å²) in [6, 6.07) is 0. The fourth-order valence-electron chi connectivity index (χ4n) is 0.951. The van der Waals surface area contributed by atoms with Crippen LogP contribution in [0.5, 0.6) is 0 Å². The SMILES string of the molecule is CCCOCCCNc1nc(Br)cs1. The maximum atomic E-state index is 5.36. The molecule has 1 rings (SSSR count). The van der Waals surface area contributed by atoms with Crippen molar-refractivity contribution >= 4 is 32.4 Å². The molecule has 0 aliphatic carbocycles. The number of halogens is 1. The molecule has 1 N–H and O–H groups in total. The van der Waals surface area contributed by atoms with Crippen LogP contribution in [0.3, 0.4) is 0 Å². The third kappa shape index (κ3) is 4.93. The van der Waals surface area contributed by atoms with Crippen LogP contribution in [-0.2, 0) is 4.74 Å². The molecule has 0 saturated heterocycles. The van der Waals surface area contributed by atoms with Crippen molar-refractivity contribution in [1.29, 1.82) is 0 Å². The highest BCUT2D eigenvalue weighted by Crippen LogP contribution is 2.18. The fourth-order valence-corrected chi connectivity index (χ4v) is 2.12. The molecule has 0 atom stereocenters. The van der Waals surface area contributed by atoms with Gasteiger partial charge in [0.2, 0.25) is 0 Å². The molecule has 0 radical (unpaired) electrons. The summed E-state index contributed by atoms with van der Waals surface area (Å²) in [5, 5.41) is 6.17. The summed E-state index contributed by atoms with van der Waals surface area (Å²) >= 11 is 4.92. The van der Waals surface area contributed by atoms with Crippen molar-refractivity contribution in [2.24, 2.45) is 0 Å². The van der Waals surface area contributed by atoms with Crippen LogP contribution >= 0.6 is 27.3 Å². The Bertz CT molecular complexity index is 255. The van der Waals surface area contributed by atoms with Crippen molar-refractivity contribution < 1.29 is 4.74 Å². The third-order valence-electron chi connectivity index (χ3n) is 1.57. The Morgan fingerprint density at radius 2 is 2.43 bits per heavy atom. The molecule has 0 fully saturated rings. The van der Waals surface area contributed by atoms with Crippen LogP contribution in [0.1, 0.15) is 19.8 Å². The van der Waals surface area contributed by atoms with E-state index in [4.69, 9.17) is 4.74 Å². The van der Waals surface area contributed by atoms with E-state index in [1.807, 2.05) is 5.38 Å². The van der Waals surface area contributed by atoms with Gasteiger partial charge in [0.1, 0.15) is 4.60 Å². The highest BCUT2D eigenvalue weighted by Gasteiger charge is 1.97. The summed E-state index contributed by atoms with van der Waals surface area (Å²) in [6.07, 6.45) is 2.12. The van der Waals surface area contributed by atoms with Crippen LogP contribution in [0.15, 0.2) is 9.98 Å². The van der Waals surface area contributed by atoms with E-state index in [2.05, 4.69) is 33.2 Å². The van der Waals surface area contributed by atoms with E-state index < -0.39 is 0 Å². The smallest absolute Gasteiger partial charge is 0.183 e. The van der Waals surface area contributed by atoms with Gasteiger partial charge in [0.15, 0.2) is 5.13 Å². The number of hydrogen-bond acceptors (Lipinski definition) is 4. The van der Waals surface area contributed by atoms with Crippen LogP contribution in [0.2, 0.25) is 0 Å². The van der Waals surface area contributed by atoms with Crippen LogP contribution < -0.4 is 5.32 Å². The molecule has 0 unspecified atom stereocenters. The van der Waals surface area contributed by atoms with E-state index in [9.17, 15) is 0 Å². The summed E-state index contributed by atoms with van der Waals surface area (Å²) in [7, 11) is 0. The fraction of sp³-hybridized carbons (Fsp3) is 0.667. The molecule has 3 nitrogen and oxygen atoms in total. The Hall–Kier alpha value is -0.130. The predicted octanol–water partition coefficient (Wildman–Crippen LogP) is 3.13. The van der Waals surface area contributed by atoms with Crippen molar-refractivity contribution in [3.63, 3.8) is 0 Å². The zero-order valence-corrected chi connectivity index (χ0v) is 10.7. The van der Waals surface area contributed by atoms with Gasteiger partial charge in [-0.25, -0.2) is 4.98 Å². The maximum absolute atomic E-state index is 5.36. The molecule has 0 aromatic carbocycles. The number of nitrogens with zero attached hydrogens (tertiary/aromatic N) is 1.